The van der Waals surface area contributed by atoms with Crippen LogP contribution in [-0.2, 0) is 17.1 Å². The molecule has 3 heterocycles. The maximum atomic E-state index is 13.9. The van der Waals surface area contributed by atoms with Crippen LogP contribution >= 0.6 is 0 Å². The molecule has 3 aromatic heterocycles. The van der Waals surface area contributed by atoms with E-state index in [0.29, 0.717) is 17.6 Å². The first-order chi connectivity index (χ1) is 13.3. The number of methoxy groups -OCH3 is 1. The molecule has 3 rings (SSSR count). The fraction of sp³-hybridized carbons (Fsp3) is 0.263. The van der Waals surface area contributed by atoms with Crippen molar-refractivity contribution in [2.45, 2.75) is 26.2 Å². The molecular formula is C19H19F2N5O2. The molecule has 0 unspecified atom stereocenters. The number of hydrogen-bond donors (Lipinski definition) is 1. The summed E-state index contributed by atoms with van der Waals surface area (Å²) in [5.41, 5.74) is 1.85. The molecule has 0 bridgehead atoms. The number of pyridine rings is 1. The van der Waals surface area contributed by atoms with Crippen LogP contribution < -0.4 is 5.32 Å². The zero-order chi connectivity index (χ0) is 20.5. The van der Waals surface area contributed by atoms with E-state index in [1.807, 2.05) is 6.92 Å². The summed E-state index contributed by atoms with van der Waals surface area (Å²) in [7, 11) is 1.24. The van der Waals surface area contributed by atoms with Crippen LogP contribution in [0.15, 0.2) is 31.1 Å². The third-order valence-corrected chi connectivity index (χ3v) is 4.12. The molecule has 0 spiro atoms. The number of carbonyl (C=O) groups is 1. The van der Waals surface area contributed by atoms with Gasteiger partial charge in [0.1, 0.15) is 11.6 Å². The number of ether oxygens (including phenoxy) is 1. The van der Waals surface area contributed by atoms with Gasteiger partial charge in [-0.15, -0.1) is 0 Å². The van der Waals surface area contributed by atoms with Crippen molar-refractivity contribution in [3.8, 4) is 5.82 Å². The van der Waals surface area contributed by atoms with Gasteiger partial charge in [-0.1, -0.05) is 19.6 Å². The van der Waals surface area contributed by atoms with E-state index in [4.69, 9.17) is 0 Å². The Labute approximate surface area is 160 Å². The summed E-state index contributed by atoms with van der Waals surface area (Å²) in [5, 5.41) is 3.21. The van der Waals surface area contributed by atoms with Gasteiger partial charge in [-0.05, 0) is 6.42 Å². The molecule has 0 aliphatic rings. The molecule has 0 aliphatic carbocycles. The third-order valence-electron chi connectivity index (χ3n) is 4.12. The number of hydrogen-bond acceptors (Lipinski definition) is 5. The molecule has 1 N–H and O–H groups in total. The van der Waals surface area contributed by atoms with Gasteiger partial charge in [0, 0.05) is 48.1 Å². The van der Waals surface area contributed by atoms with Crippen LogP contribution in [0.4, 0.5) is 19.4 Å². The Balaban J connectivity index is 2.23. The van der Waals surface area contributed by atoms with Crippen LogP contribution in [0.3, 0.4) is 0 Å². The molecule has 0 saturated carbocycles. The Morgan fingerprint density at radius 1 is 1.39 bits per heavy atom. The van der Waals surface area contributed by atoms with Crippen molar-refractivity contribution in [1.82, 2.24) is 19.5 Å². The first kappa shape index (κ1) is 19.4. The minimum absolute atomic E-state index is 0.250. The number of halogens is 2. The number of aromatic nitrogens is 4. The zero-order valence-electron chi connectivity index (χ0n) is 15.7. The minimum Gasteiger partial charge on any atom is -0.453 e. The summed E-state index contributed by atoms with van der Waals surface area (Å²) in [4.78, 5) is 23.7. The van der Waals surface area contributed by atoms with Gasteiger partial charge >= 0.3 is 12.0 Å². The quantitative estimate of drug-likeness (QED) is 0.705. The summed E-state index contributed by atoms with van der Waals surface area (Å²) in [6.45, 7) is 6.37. The third kappa shape index (κ3) is 3.68. The smallest absolute Gasteiger partial charge is 0.412 e. The number of carbonyl (C=O) groups excluding carboxylic acids is 1. The van der Waals surface area contributed by atoms with Crippen molar-refractivity contribution < 1.29 is 18.3 Å². The van der Waals surface area contributed by atoms with Gasteiger partial charge in [-0.3, -0.25) is 5.32 Å². The molecule has 0 saturated heterocycles. The number of amides is 1. The Morgan fingerprint density at radius 2 is 2.14 bits per heavy atom. The molecule has 0 atom stereocenters. The van der Waals surface area contributed by atoms with Crippen LogP contribution in [0, 0.1) is 0 Å². The van der Waals surface area contributed by atoms with Gasteiger partial charge in [0.25, 0.3) is 0 Å². The molecule has 3 aromatic rings. The van der Waals surface area contributed by atoms with E-state index < -0.39 is 17.8 Å². The summed E-state index contributed by atoms with van der Waals surface area (Å²) < 4.78 is 34.0. The van der Waals surface area contributed by atoms with E-state index in [9.17, 15) is 13.6 Å². The van der Waals surface area contributed by atoms with Crippen LogP contribution in [-0.4, -0.2) is 32.7 Å². The van der Waals surface area contributed by atoms with Gasteiger partial charge in [0.2, 0.25) is 5.82 Å². The predicted octanol–water partition coefficient (Wildman–Crippen LogP) is 4.31. The molecule has 146 valence electrons. The molecule has 9 heteroatoms. The van der Waals surface area contributed by atoms with Crippen molar-refractivity contribution in [3.63, 3.8) is 0 Å². The second kappa shape index (κ2) is 7.34. The topological polar surface area (TPSA) is 81.9 Å². The average molecular weight is 387 g/mol. The van der Waals surface area contributed by atoms with E-state index >= 15 is 0 Å². The standard InChI is InChI=1S/C19H19F2N5O2/c1-5-11-10-26(14-8-15(22-9-13(11)14)24-18(27)28-4)16-7-12(6-2)23-17(25-16)19(3,20)21/h5,7-10H,1,6H2,2-4H3,(H,22,24,27). The fourth-order valence-corrected chi connectivity index (χ4v) is 2.70. The maximum absolute atomic E-state index is 13.9. The van der Waals surface area contributed by atoms with Crippen molar-refractivity contribution in [3.05, 3.63) is 48.2 Å². The molecule has 28 heavy (non-hydrogen) atoms. The lowest BCUT2D eigenvalue weighted by atomic mass is 10.2. The van der Waals surface area contributed by atoms with Gasteiger partial charge in [0.05, 0.1) is 12.6 Å². The monoisotopic (exact) mass is 387 g/mol. The first-order valence-corrected chi connectivity index (χ1v) is 8.52. The minimum atomic E-state index is -3.18. The molecule has 0 aliphatic heterocycles. The molecule has 0 aromatic carbocycles. The number of anilines is 1. The lowest BCUT2D eigenvalue weighted by Crippen LogP contribution is -2.16. The molecule has 7 nitrogen and oxygen atoms in total. The number of alkyl halides is 2. The Hall–Kier alpha value is -3.36. The molecule has 0 radical (unpaired) electrons. The van der Waals surface area contributed by atoms with E-state index in [1.165, 1.54) is 7.11 Å². The van der Waals surface area contributed by atoms with Crippen molar-refractivity contribution in [2.75, 3.05) is 12.4 Å². The predicted molar refractivity (Wildman–Crippen MR) is 102 cm³/mol. The van der Waals surface area contributed by atoms with Gasteiger partial charge in [-0.25, -0.2) is 19.7 Å². The van der Waals surface area contributed by atoms with E-state index in [1.54, 1.807) is 35.2 Å². The Kier molecular flexibility index (Phi) is 5.08. The lowest BCUT2D eigenvalue weighted by Gasteiger charge is -2.13. The van der Waals surface area contributed by atoms with E-state index in [0.717, 1.165) is 17.9 Å². The largest absolute Gasteiger partial charge is 0.453 e. The Morgan fingerprint density at radius 3 is 2.75 bits per heavy atom. The van der Waals surface area contributed by atoms with Gasteiger partial charge in [-0.2, -0.15) is 8.78 Å². The van der Waals surface area contributed by atoms with Crippen LogP contribution in [0.25, 0.3) is 22.8 Å². The SMILES string of the molecule is C=Cc1cn(-c2cc(CC)nc(C(C)(F)F)n2)c2cc(NC(=O)OC)ncc12. The molecule has 0 fully saturated rings. The highest BCUT2D eigenvalue weighted by atomic mass is 19.3. The van der Waals surface area contributed by atoms with Crippen molar-refractivity contribution in [2.24, 2.45) is 0 Å². The number of nitrogens with one attached hydrogen (secondary N) is 1. The highest BCUT2D eigenvalue weighted by molar-refractivity contribution is 5.93. The van der Waals surface area contributed by atoms with E-state index in [2.05, 4.69) is 31.6 Å². The summed E-state index contributed by atoms with van der Waals surface area (Å²) in [6, 6.07) is 3.26. The number of aryl methyl sites for hydroxylation is 1. The van der Waals surface area contributed by atoms with Gasteiger partial charge in [0.15, 0.2) is 0 Å². The van der Waals surface area contributed by atoms with Crippen molar-refractivity contribution >= 4 is 28.9 Å². The Bertz CT molecular complexity index is 1060. The lowest BCUT2D eigenvalue weighted by molar-refractivity contribution is 0.00744. The van der Waals surface area contributed by atoms with Crippen molar-refractivity contribution in [1.29, 1.82) is 0 Å². The van der Waals surface area contributed by atoms with Crippen LogP contribution in [0.2, 0.25) is 0 Å². The van der Waals surface area contributed by atoms with E-state index in [-0.39, 0.29) is 11.6 Å². The first-order valence-electron chi connectivity index (χ1n) is 8.52. The van der Waals surface area contributed by atoms with Crippen LogP contribution in [0.5, 0.6) is 0 Å². The average Bonchev–Trinajstić information content (AvgIpc) is 3.04. The molecular weight excluding hydrogens is 368 g/mol. The zero-order valence-corrected chi connectivity index (χ0v) is 15.7. The highest BCUT2D eigenvalue weighted by Gasteiger charge is 2.29. The normalized spacial score (nSPS) is 11.5. The summed E-state index contributed by atoms with van der Waals surface area (Å²) in [6.07, 6.45) is 4.72. The fourth-order valence-electron chi connectivity index (χ4n) is 2.70. The maximum Gasteiger partial charge on any atom is 0.412 e. The second-order valence-corrected chi connectivity index (χ2v) is 6.14. The number of nitrogens with zero attached hydrogens (tertiary/aromatic N) is 4. The van der Waals surface area contributed by atoms with Crippen LogP contribution in [0.1, 0.15) is 30.9 Å². The van der Waals surface area contributed by atoms with Gasteiger partial charge < -0.3 is 9.30 Å². The summed E-state index contributed by atoms with van der Waals surface area (Å²) >= 11 is 0. The summed E-state index contributed by atoms with van der Waals surface area (Å²) in [5.74, 6) is -3.19. The highest BCUT2D eigenvalue weighted by Crippen LogP contribution is 2.29. The second-order valence-electron chi connectivity index (χ2n) is 6.14. The molecule has 1 amide bonds. The number of rotatable bonds is 5. The number of fused-ring (bicyclic) bond motifs is 1.